The summed E-state index contributed by atoms with van der Waals surface area (Å²) in [4.78, 5) is 0. The summed E-state index contributed by atoms with van der Waals surface area (Å²) in [7, 11) is -10.5. The van der Waals surface area contributed by atoms with Crippen LogP contribution in [0.1, 0.15) is 27.7 Å². The van der Waals surface area contributed by atoms with Gasteiger partial charge in [-0.15, -0.1) is 0 Å². The molecule has 0 saturated carbocycles. The van der Waals surface area contributed by atoms with Crippen molar-refractivity contribution in [2.75, 3.05) is 38.5 Å². The van der Waals surface area contributed by atoms with Gasteiger partial charge in [0.05, 0.1) is 0 Å². The molecule has 22 heteroatoms. The molecule has 0 aromatic carbocycles. The van der Waals surface area contributed by atoms with Crippen molar-refractivity contribution in [1.82, 2.24) is 9.34 Å². The third-order valence-electron chi connectivity index (χ3n) is 7.18. The molecule has 0 radical (unpaired) electrons. The van der Waals surface area contributed by atoms with E-state index in [9.17, 15) is 36.5 Å². The van der Waals surface area contributed by atoms with Crippen LogP contribution in [0.15, 0.2) is 0 Å². The van der Waals surface area contributed by atoms with Crippen molar-refractivity contribution in [3.05, 3.63) is 0 Å². The molecule has 0 aromatic heterocycles. The Hall–Kier alpha value is 1.34. The normalized spacial score (nSPS) is 49.3. The van der Waals surface area contributed by atoms with E-state index in [1.165, 1.54) is 9.34 Å². The maximum absolute atomic E-state index is 14.0. The third-order valence-corrected chi connectivity index (χ3v) is 51.3. The van der Waals surface area contributed by atoms with Crippen LogP contribution in [0.2, 0.25) is 0 Å². The van der Waals surface area contributed by atoms with Gasteiger partial charge in [0, 0.05) is 49.3 Å². The molecule has 7 saturated heterocycles. The lowest BCUT2D eigenvalue weighted by Crippen LogP contribution is -2.49. The van der Waals surface area contributed by atoms with Gasteiger partial charge in [0.25, 0.3) is 13.0 Å². The molecule has 0 spiro atoms. The third kappa shape index (κ3) is 3.49. The fourth-order valence-corrected chi connectivity index (χ4v) is 49.9. The summed E-state index contributed by atoms with van der Waals surface area (Å²) in [6.45, 7) is -11.7. The topological polar surface area (TPSA) is 180 Å². The van der Waals surface area contributed by atoms with Gasteiger partial charge in [-0.2, -0.15) is 0 Å². The number of piperazine rings is 1. The SMILES string of the molecule is CC1(C)CP(=O)(P(=O)(P=O)N2CCN(P(=O)(P=O)P3(=O)CC(C)(C)C4OP3(=O)O4)CC2)P2(=O)OC1O2. The summed E-state index contributed by atoms with van der Waals surface area (Å²) >= 11 is 0. The van der Waals surface area contributed by atoms with Crippen LogP contribution in [-0.4, -0.2) is 60.4 Å². The molecule has 7 heterocycles. The number of hydrogen-bond donors (Lipinski definition) is 0. The Morgan fingerprint density at radius 1 is 0.667 bits per heavy atom. The Bertz CT molecular complexity index is 1220. The summed E-state index contributed by atoms with van der Waals surface area (Å²) in [6, 6.07) is 0. The second-order valence-corrected chi connectivity index (χ2v) is 42.2. The van der Waals surface area contributed by atoms with Gasteiger partial charge in [-0.1, -0.05) is 27.7 Å². The molecule has 0 N–H and O–H groups in total. The summed E-state index contributed by atoms with van der Waals surface area (Å²) in [5.41, 5.74) is -1.78. The standard InChI is InChI=1S/C14H26N2O12P8/c1-13(2)9-31(19,35(23)25-11(13)26-35)33(21,29-17)15-5-7-16(8-6-15)34(22,30-18)32(20)10-14(3,4)12-27-36(32,24)28-12/h11-12H,5-10H2,1-4H3. The van der Waals surface area contributed by atoms with Gasteiger partial charge in [0.2, 0.25) is 16.3 Å². The van der Waals surface area contributed by atoms with Crippen LogP contribution >= 0.6 is 57.2 Å². The maximum atomic E-state index is 14.0. The number of rotatable bonds is 6. The van der Waals surface area contributed by atoms with E-state index >= 15 is 0 Å². The monoisotopic (exact) mass is 662 g/mol. The van der Waals surface area contributed by atoms with E-state index in [0.29, 0.717) is 0 Å². The highest BCUT2D eigenvalue weighted by molar-refractivity contribution is 8.77. The Morgan fingerprint density at radius 3 is 1.19 bits per heavy atom. The van der Waals surface area contributed by atoms with E-state index < -0.39 is 80.7 Å². The lowest BCUT2D eigenvalue weighted by atomic mass is 9.96. The molecule has 7 aliphatic rings. The zero-order valence-corrected chi connectivity index (χ0v) is 26.9. The molecule has 36 heavy (non-hydrogen) atoms. The van der Waals surface area contributed by atoms with E-state index in [2.05, 4.69) is 0 Å². The van der Waals surface area contributed by atoms with Crippen molar-refractivity contribution in [3.8, 4) is 0 Å². The first-order valence-corrected chi connectivity index (χ1v) is 27.0. The van der Waals surface area contributed by atoms with Crippen LogP contribution < -0.4 is 0 Å². The van der Waals surface area contributed by atoms with Crippen molar-refractivity contribution in [2.24, 2.45) is 10.8 Å². The Kier molecular flexibility index (Phi) is 6.76. The Balaban J connectivity index is 1.43. The number of nitrogens with zero attached hydrogens (tertiary/aromatic N) is 2. The smallest absolute Gasteiger partial charge is 0.300 e. The van der Waals surface area contributed by atoms with Crippen LogP contribution in [0.25, 0.3) is 0 Å². The Labute approximate surface area is 210 Å². The van der Waals surface area contributed by atoms with Crippen molar-refractivity contribution in [2.45, 2.75) is 40.3 Å². The van der Waals surface area contributed by atoms with Crippen LogP contribution in [0.5, 0.6) is 0 Å². The van der Waals surface area contributed by atoms with Gasteiger partial charge in [0.1, 0.15) is 0 Å². The highest BCUT2D eigenvalue weighted by atomic mass is 32.7. The molecule has 4 unspecified atom stereocenters. The predicted octanol–water partition coefficient (Wildman–Crippen LogP) is 7.17. The van der Waals surface area contributed by atoms with Crippen LogP contribution in [0.4, 0.5) is 0 Å². The average Bonchev–Trinajstić information content (AvgIpc) is 2.75. The van der Waals surface area contributed by atoms with Crippen LogP contribution in [0, 0.1) is 10.8 Å². The van der Waals surface area contributed by atoms with Crippen molar-refractivity contribution in [1.29, 1.82) is 0 Å². The van der Waals surface area contributed by atoms with E-state index in [4.69, 9.17) is 18.1 Å². The van der Waals surface area contributed by atoms with Gasteiger partial charge in [-0.05, 0) is 0 Å². The van der Waals surface area contributed by atoms with E-state index in [1.807, 2.05) is 0 Å². The fraction of sp³-hybridized carbons (Fsp3) is 1.00. The molecule has 0 aliphatic carbocycles. The molecule has 4 bridgehead atoms. The van der Waals surface area contributed by atoms with Gasteiger partial charge in [0.15, 0.2) is 12.6 Å². The number of hydrogen-bond acceptors (Lipinski definition) is 12. The molecule has 0 amide bonds. The molecule has 14 nitrogen and oxygen atoms in total. The first kappa shape index (κ1) is 28.9. The quantitative estimate of drug-likeness (QED) is 0.261. The van der Waals surface area contributed by atoms with Crippen LogP contribution in [0.3, 0.4) is 0 Å². The highest BCUT2D eigenvalue weighted by Gasteiger charge is 2.77. The predicted molar refractivity (Wildman–Crippen MR) is 133 cm³/mol. The van der Waals surface area contributed by atoms with Gasteiger partial charge < -0.3 is 9.13 Å². The first-order chi connectivity index (χ1) is 16.4. The Morgan fingerprint density at radius 2 is 0.944 bits per heavy atom. The molecular formula is C14H26N2O12P8. The van der Waals surface area contributed by atoms with Crippen molar-refractivity contribution >= 4 is 57.2 Å². The average molecular weight is 662 g/mol. The van der Waals surface area contributed by atoms with Crippen molar-refractivity contribution in [3.63, 3.8) is 0 Å². The molecule has 7 fully saturated rings. The van der Waals surface area contributed by atoms with Crippen molar-refractivity contribution < 1.29 is 54.6 Å². The van der Waals surface area contributed by atoms with E-state index in [1.54, 1.807) is 27.7 Å². The van der Waals surface area contributed by atoms with Gasteiger partial charge in [-0.3, -0.25) is 45.5 Å². The lowest BCUT2D eigenvalue weighted by Gasteiger charge is -2.55. The van der Waals surface area contributed by atoms with Crippen LogP contribution in [-0.2, 0) is 54.6 Å². The molecule has 7 rings (SSSR count). The minimum atomic E-state index is -4.38. The van der Waals surface area contributed by atoms with Gasteiger partial charge >= 0.3 is 27.9 Å². The van der Waals surface area contributed by atoms with E-state index in [-0.39, 0.29) is 38.5 Å². The largest absolute Gasteiger partial charge is 0.399 e. The summed E-state index contributed by atoms with van der Waals surface area (Å²) < 4.78 is 130. The summed E-state index contributed by atoms with van der Waals surface area (Å²) in [5, 5.41) is 0. The highest BCUT2D eigenvalue weighted by Crippen LogP contribution is 3.10. The molecule has 4 atom stereocenters. The second-order valence-electron chi connectivity index (χ2n) is 10.7. The fourth-order valence-electron chi connectivity index (χ4n) is 5.04. The first-order valence-electron chi connectivity index (χ1n) is 10.9. The minimum Gasteiger partial charge on any atom is -0.300 e. The van der Waals surface area contributed by atoms with Gasteiger partial charge in [-0.25, -0.2) is 9.34 Å². The molecule has 204 valence electrons. The molecular weight excluding hydrogens is 636 g/mol. The zero-order chi connectivity index (χ0) is 26.8. The second kappa shape index (κ2) is 8.44. The zero-order valence-electron chi connectivity index (χ0n) is 19.8. The summed E-state index contributed by atoms with van der Waals surface area (Å²) in [6.07, 6.45) is -2.24. The minimum absolute atomic E-state index is 0.238. The number of fused-ring (bicyclic) bond motifs is 4. The molecule has 7 aliphatic heterocycles. The summed E-state index contributed by atoms with van der Waals surface area (Å²) in [5.74, 6) is 0. The lowest BCUT2D eigenvalue weighted by molar-refractivity contribution is -0.151. The maximum Gasteiger partial charge on any atom is 0.399 e. The molecule has 0 aromatic rings. The van der Waals surface area contributed by atoms with E-state index in [0.717, 1.165) is 0 Å².